The van der Waals surface area contributed by atoms with Gasteiger partial charge in [0.05, 0.1) is 6.20 Å². The predicted molar refractivity (Wildman–Crippen MR) is 39.0 cm³/mol. The SMILES string of the molecule is Cc1ccc(OBO)cn1. The highest BCUT2D eigenvalue weighted by molar-refractivity contribution is 6.17. The van der Waals surface area contributed by atoms with E-state index >= 15 is 0 Å². The topological polar surface area (TPSA) is 42.4 Å². The summed E-state index contributed by atoms with van der Waals surface area (Å²) in [7, 11) is -0.301. The zero-order valence-corrected chi connectivity index (χ0v) is 5.74. The first kappa shape index (κ1) is 7.09. The molecule has 0 spiro atoms. The molecule has 0 saturated carbocycles. The molecule has 0 aliphatic rings. The van der Waals surface area contributed by atoms with Crippen LogP contribution in [0.25, 0.3) is 0 Å². The van der Waals surface area contributed by atoms with Gasteiger partial charge in [-0.05, 0) is 19.1 Å². The van der Waals surface area contributed by atoms with Crippen molar-refractivity contribution in [3.63, 3.8) is 0 Å². The molecule has 0 amide bonds. The summed E-state index contributed by atoms with van der Waals surface area (Å²) in [6.07, 6.45) is 1.57. The van der Waals surface area contributed by atoms with E-state index in [0.29, 0.717) is 5.75 Å². The Morgan fingerprint density at radius 1 is 1.60 bits per heavy atom. The minimum atomic E-state index is -0.301. The molecule has 0 saturated heterocycles. The molecule has 0 aromatic carbocycles. The lowest BCUT2D eigenvalue weighted by Crippen LogP contribution is -1.99. The Labute approximate surface area is 60.0 Å². The van der Waals surface area contributed by atoms with E-state index in [1.54, 1.807) is 12.3 Å². The van der Waals surface area contributed by atoms with Crippen molar-refractivity contribution in [2.75, 3.05) is 0 Å². The summed E-state index contributed by atoms with van der Waals surface area (Å²) in [4.78, 5) is 3.96. The molecule has 10 heavy (non-hydrogen) atoms. The molecule has 52 valence electrons. The Hall–Kier alpha value is -1.03. The van der Waals surface area contributed by atoms with Crippen molar-refractivity contribution in [3.8, 4) is 5.75 Å². The van der Waals surface area contributed by atoms with Crippen molar-refractivity contribution in [1.82, 2.24) is 4.98 Å². The molecule has 0 aliphatic heterocycles. The second-order valence-corrected chi connectivity index (χ2v) is 1.91. The van der Waals surface area contributed by atoms with Gasteiger partial charge in [0, 0.05) is 5.69 Å². The number of aryl methyl sites for hydroxylation is 1. The smallest absolute Gasteiger partial charge is 0.504 e. The summed E-state index contributed by atoms with van der Waals surface area (Å²) in [5.41, 5.74) is 0.935. The minimum Gasteiger partial charge on any atom is -0.538 e. The van der Waals surface area contributed by atoms with Gasteiger partial charge in [0.1, 0.15) is 5.75 Å². The first-order valence-corrected chi connectivity index (χ1v) is 2.99. The maximum atomic E-state index is 8.34. The fraction of sp³-hybridized carbons (Fsp3) is 0.167. The van der Waals surface area contributed by atoms with E-state index in [0.717, 1.165) is 5.69 Å². The number of aromatic nitrogens is 1. The highest BCUT2D eigenvalue weighted by atomic mass is 16.5. The summed E-state index contributed by atoms with van der Waals surface area (Å²) in [6, 6.07) is 3.59. The Kier molecular flexibility index (Phi) is 2.28. The molecule has 0 aliphatic carbocycles. The summed E-state index contributed by atoms with van der Waals surface area (Å²) in [6.45, 7) is 1.89. The summed E-state index contributed by atoms with van der Waals surface area (Å²) >= 11 is 0. The van der Waals surface area contributed by atoms with Crippen LogP contribution in [-0.4, -0.2) is 17.7 Å². The van der Waals surface area contributed by atoms with E-state index in [4.69, 9.17) is 9.68 Å². The van der Waals surface area contributed by atoms with E-state index in [2.05, 4.69) is 4.98 Å². The average Bonchev–Trinajstić information content (AvgIpc) is 1.95. The Balaban J connectivity index is 2.69. The van der Waals surface area contributed by atoms with Gasteiger partial charge in [-0.15, -0.1) is 0 Å². The van der Waals surface area contributed by atoms with Crippen LogP contribution in [0, 0.1) is 6.92 Å². The van der Waals surface area contributed by atoms with Crippen LogP contribution in [0.5, 0.6) is 5.75 Å². The van der Waals surface area contributed by atoms with Crippen LogP contribution in [0.1, 0.15) is 5.69 Å². The number of rotatable bonds is 2. The van der Waals surface area contributed by atoms with Gasteiger partial charge in [-0.25, -0.2) is 0 Å². The third-order valence-electron chi connectivity index (χ3n) is 1.12. The Bertz CT molecular complexity index is 199. The first-order chi connectivity index (χ1) is 4.83. The van der Waals surface area contributed by atoms with Crippen LogP contribution in [0.15, 0.2) is 18.3 Å². The average molecular weight is 137 g/mol. The van der Waals surface area contributed by atoms with Crippen LogP contribution in [0.3, 0.4) is 0 Å². The van der Waals surface area contributed by atoms with Gasteiger partial charge >= 0.3 is 7.69 Å². The van der Waals surface area contributed by atoms with Gasteiger partial charge in [0.2, 0.25) is 0 Å². The molecule has 0 atom stereocenters. The van der Waals surface area contributed by atoms with E-state index in [-0.39, 0.29) is 7.69 Å². The van der Waals surface area contributed by atoms with Crippen molar-refractivity contribution in [2.45, 2.75) is 6.92 Å². The molecule has 0 bridgehead atoms. The van der Waals surface area contributed by atoms with E-state index in [9.17, 15) is 0 Å². The monoisotopic (exact) mass is 137 g/mol. The van der Waals surface area contributed by atoms with Crippen LogP contribution in [0.2, 0.25) is 0 Å². The fourth-order valence-electron chi connectivity index (χ4n) is 0.614. The molecule has 0 radical (unpaired) electrons. The molecular weight excluding hydrogens is 129 g/mol. The first-order valence-electron chi connectivity index (χ1n) is 2.99. The third kappa shape index (κ3) is 1.74. The molecule has 1 aromatic rings. The lowest BCUT2D eigenvalue weighted by atomic mass is 10.3. The van der Waals surface area contributed by atoms with E-state index in [1.807, 2.05) is 13.0 Å². The van der Waals surface area contributed by atoms with Crippen LogP contribution in [-0.2, 0) is 0 Å². The molecule has 3 nitrogen and oxygen atoms in total. The third-order valence-corrected chi connectivity index (χ3v) is 1.12. The number of pyridine rings is 1. The standard InChI is InChI=1S/C6H8BNO2/c1-5-2-3-6(4-8-5)10-7-9/h2-4,7,9H,1H3. The van der Waals surface area contributed by atoms with Gasteiger partial charge < -0.3 is 9.68 Å². The van der Waals surface area contributed by atoms with Gasteiger partial charge in [-0.3, -0.25) is 4.98 Å². The van der Waals surface area contributed by atoms with Crippen molar-refractivity contribution >= 4 is 7.69 Å². The number of nitrogens with zero attached hydrogens (tertiary/aromatic N) is 1. The largest absolute Gasteiger partial charge is 0.538 e. The Morgan fingerprint density at radius 3 is 2.90 bits per heavy atom. The van der Waals surface area contributed by atoms with Gasteiger partial charge in [0.25, 0.3) is 0 Å². The molecule has 1 heterocycles. The van der Waals surface area contributed by atoms with Crippen LogP contribution < -0.4 is 4.65 Å². The Morgan fingerprint density at radius 2 is 2.40 bits per heavy atom. The van der Waals surface area contributed by atoms with Gasteiger partial charge in [-0.2, -0.15) is 0 Å². The van der Waals surface area contributed by atoms with Gasteiger partial charge in [0.15, 0.2) is 0 Å². The molecule has 0 unspecified atom stereocenters. The molecule has 1 rings (SSSR count). The zero-order chi connectivity index (χ0) is 7.40. The van der Waals surface area contributed by atoms with Crippen molar-refractivity contribution in [1.29, 1.82) is 0 Å². The molecule has 1 N–H and O–H groups in total. The molecule has 4 heteroatoms. The van der Waals surface area contributed by atoms with Crippen molar-refractivity contribution in [2.24, 2.45) is 0 Å². The summed E-state index contributed by atoms with van der Waals surface area (Å²) < 4.78 is 4.75. The van der Waals surface area contributed by atoms with Crippen LogP contribution in [0.4, 0.5) is 0 Å². The molecule has 1 aromatic heterocycles. The number of hydrogen-bond acceptors (Lipinski definition) is 3. The summed E-state index contributed by atoms with van der Waals surface area (Å²) in [5, 5.41) is 8.34. The van der Waals surface area contributed by atoms with Gasteiger partial charge in [-0.1, -0.05) is 0 Å². The summed E-state index contributed by atoms with van der Waals surface area (Å²) in [5.74, 6) is 0.591. The van der Waals surface area contributed by atoms with E-state index in [1.165, 1.54) is 0 Å². The second-order valence-electron chi connectivity index (χ2n) is 1.91. The maximum absolute atomic E-state index is 8.34. The lowest BCUT2D eigenvalue weighted by molar-refractivity contribution is 0.452. The normalized spacial score (nSPS) is 9.00. The van der Waals surface area contributed by atoms with Crippen LogP contribution >= 0.6 is 0 Å². The predicted octanol–water partition coefficient (Wildman–Crippen LogP) is 0.0276. The maximum Gasteiger partial charge on any atom is 0.504 e. The minimum absolute atomic E-state index is 0.301. The highest BCUT2D eigenvalue weighted by Gasteiger charge is 1.91. The zero-order valence-electron chi connectivity index (χ0n) is 5.74. The van der Waals surface area contributed by atoms with Crippen molar-refractivity contribution in [3.05, 3.63) is 24.0 Å². The number of hydrogen-bond donors (Lipinski definition) is 1. The lowest BCUT2D eigenvalue weighted by Gasteiger charge is -1.99. The second kappa shape index (κ2) is 3.22. The van der Waals surface area contributed by atoms with Crippen molar-refractivity contribution < 1.29 is 9.68 Å². The highest BCUT2D eigenvalue weighted by Crippen LogP contribution is 2.06. The molecule has 0 fully saturated rings. The van der Waals surface area contributed by atoms with E-state index < -0.39 is 0 Å². The molecular formula is C6H8BNO2. The quantitative estimate of drug-likeness (QED) is 0.584. The fourth-order valence-corrected chi connectivity index (χ4v) is 0.614.